The van der Waals surface area contributed by atoms with Gasteiger partial charge in [0.05, 0.1) is 25.9 Å². The fourth-order valence-corrected chi connectivity index (χ4v) is 9.00. The molecule has 0 spiro atoms. The van der Waals surface area contributed by atoms with E-state index in [0.29, 0.717) is 56.6 Å². The van der Waals surface area contributed by atoms with Crippen molar-refractivity contribution in [2.24, 2.45) is 40.4 Å². The summed E-state index contributed by atoms with van der Waals surface area (Å²) in [5, 5.41) is 17.3. The van der Waals surface area contributed by atoms with Gasteiger partial charge in [-0.3, -0.25) is 9.83 Å². The third kappa shape index (κ3) is 6.31. The molecule has 214 valence electrons. The molecule has 3 fully saturated rings. The van der Waals surface area contributed by atoms with E-state index in [1.165, 1.54) is 31.3 Å². The van der Waals surface area contributed by atoms with Crippen molar-refractivity contribution in [3.05, 3.63) is 11.6 Å². The number of rotatable bonds is 13. The SMILES string of the molecule is C#CCOCCOCCNC(=O)CCC(C)C1CCC2C3CC=C4CC(OO[O-])CCC4(C)C3CCC12C. The van der Waals surface area contributed by atoms with E-state index in [2.05, 4.69) is 43.1 Å². The van der Waals surface area contributed by atoms with E-state index in [-0.39, 0.29) is 17.4 Å². The number of hydrogen-bond donors (Lipinski definition) is 1. The molecule has 0 heterocycles. The number of fused-ring (bicyclic) bond motifs is 5. The monoisotopic (exact) mass is 530 g/mol. The number of hydrogen-bond acceptors (Lipinski definition) is 6. The van der Waals surface area contributed by atoms with Gasteiger partial charge in [0.2, 0.25) is 5.91 Å². The first-order chi connectivity index (χ1) is 18.3. The van der Waals surface area contributed by atoms with Gasteiger partial charge in [0.25, 0.3) is 0 Å². The van der Waals surface area contributed by atoms with Crippen molar-refractivity contribution >= 4 is 5.91 Å². The fraction of sp³-hybridized carbons (Fsp3) is 0.839. The van der Waals surface area contributed by atoms with E-state index < -0.39 is 0 Å². The Morgan fingerprint density at radius 3 is 2.76 bits per heavy atom. The Bertz CT molecular complexity index is 869. The zero-order valence-corrected chi connectivity index (χ0v) is 23.7. The minimum Gasteiger partial charge on any atom is -0.692 e. The molecule has 0 radical (unpaired) electrons. The van der Waals surface area contributed by atoms with Crippen LogP contribution in [0.15, 0.2) is 11.6 Å². The second-order valence-electron chi connectivity index (χ2n) is 12.8. The molecule has 3 saturated carbocycles. The fourth-order valence-electron chi connectivity index (χ4n) is 9.00. The van der Waals surface area contributed by atoms with Gasteiger partial charge in [0.1, 0.15) is 6.61 Å². The minimum atomic E-state index is -0.0995. The summed E-state index contributed by atoms with van der Waals surface area (Å²) in [6, 6.07) is 0. The van der Waals surface area contributed by atoms with Gasteiger partial charge >= 0.3 is 0 Å². The summed E-state index contributed by atoms with van der Waals surface area (Å²) in [5.74, 6) is 6.00. The molecule has 1 amide bonds. The molecule has 0 bridgehead atoms. The molecule has 4 rings (SSSR count). The Hall–Kier alpha value is -1.43. The van der Waals surface area contributed by atoms with Crippen LogP contribution in [0.3, 0.4) is 0 Å². The quantitative estimate of drug-likeness (QED) is 0.125. The predicted molar refractivity (Wildman–Crippen MR) is 143 cm³/mol. The van der Waals surface area contributed by atoms with Gasteiger partial charge in [0.15, 0.2) is 0 Å². The van der Waals surface area contributed by atoms with Gasteiger partial charge in [-0.1, -0.05) is 38.3 Å². The van der Waals surface area contributed by atoms with Crippen molar-refractivity contribution in [1.29, 1.82) is 0 Å². The smallest absolute Gasteiger partial charge is 0.220 e. The summed E-state index contributed by atoms with van der Waals surface area (Å²) in [4.78, 5) is 17.5. The molecule has 0 aromatic heterocycles. The molecular formula is C31H48NO6-. The van der Waals surface area contributed by atoms with Crippen molar-refractivity contribution in [2.45, 2.75) is 91.1 Å². The van der Waals surface area contributed by atoms with Gasteiger partial charge in [-0.05, 0) is 98.2 Å². The first kappa shape index (κ1) is 29.6. The van der Waals surface area contributed by atoms with E-state index in [4.69, 9.17) is 20.8 Å². The molecule has 0 aromatic carbocycles. The minimum absolute atomic E-state index is 0.0995. The second-order valence-corrected chi connectivity index (χ2v) is 12.8. The number of amides is 1. The lowest BCUT2D eigenvalue weighted by Gasteiger charge is -2.58. The highest BCUT2D eigenvalue weighted by molar-refractivity contribution is 5.75. The predicted octanol–water partition coefficient (Wildman–Crippen LogP) is 4.36. The molecular weight excluding hydrogens is 482 g/mol. The number of carbonyl (C=O) groups is 1. The van der Waals surface area contributed by atoms with E-state index in [9.17, 15) is 10.1 Å². The summed E-state index contributed by atoms with van der Waals surface area (Å²) in [6.07, 6.45) is 18.2. The molecule has 7 nitrogen and oxygen atoms in total. The van der Waals surface area contributed by atoms with Crippen molar-refractivity contribution in [3.63, 3.8) is 0 Å². The number of allylic oxidation sites excluding steroid dienone is 1. The van der Waals surface area contributed by atoms with Crippen LogP contribution in [0, 0.1) is 52.8 Å². The van der Waals surface area contributed by atoms with Crippen LogP contribution in [0.5, 0.6) is 0 Å². The van der Waals surface area contributed by atoms with E-state index in [1.54, 1.807) is 0 Å². The first-order valence-corrected chi connectivity index (χ1v) is 14.8. The Morgan fingerprint density at radius 1 is 1.16 bits per heavy atom. The largest absolute Gasteiger partial charge is 0.692 e. The van der Waals surface area contributed by atoms with Crippen molar-refractivity contribution < 1.29 is 29.5 Å². The number of carbonyl (C=O) groups excluding carboxylic acids is 1. The third-order valence-electron chi connectivity index (χ3n) is 10.9. The molecule has 0 saturated heterocycles. The van der Waals surface area contributed by atoms with Crippen LogP contribution in [0.1, 0.15) is 85.0 Å². The highest BCUT2D eigenvalue weighted by atomic mass is 17.5. The maximum absolute atomic E-state index is 12.5. The molecule has 4 aliphatic carbocycles. The number of ether oxygens (including phenoxy) is 2. The van der Waals surface area contributed by atoms with E-state index in [1.807, 2.05) is 0 Å². The lowest BCUT2D eigenvalue weighted by Crippen LogP contribution is -2.51. The molecule has 0 aromatic rings. The maximum Gasteiger partial charge on any atom is 0.220 e. The van der Waals surface area contributed by atoms with Crippen LogP contribution in [0.2, 0.25) is 0 Å². The Kier molecular flexibility index (Phi) is 10.3. The summed E-state index contributed by atoms with van der Waals surface area (Å²) in [5.41, 5.74) is 2.09. The lowest BCUT2D eigenvalue weighted by atomic mass is 9.47. The van der Waals surface area contributed by atoms with E-state index >= 15 is 0 Å². The lowest BCUT2D eigenvalue weighted by molar-refractivity contribution is -0.805. The van der Waals surface area contributed by atoms with Crippen molar-refractivity contribution in [3.8, 4) is 12.3 Å². The Morgan fingerprint density at radius 2 is 1.97 bits per heavy atom. The van der Waals surface area contributed by atoms with Crippen molar-refractivity contribution in [1.82, 2.24) is 5.32 Å². The standard InChI is InChI=1S/C31H49NO6/c1-5-17-35-19-20-36-18-16-32-29(33)11-6-22(2)26-9-10-27-25-8-7-23-21-24(37-38-34)12-14-30(23,3)28(25)13-15-31(26,27)4/h1,7,22,24-28,34H,6,8-21H2,2-4H3,(H,32,33)/p-1. The van der Waals surface area contributed by atoms with Gasteiger partial charge in [-0.15, -0.1) is 6.42 Å². The van der Waals surface area contributed by atoms with Gasteiger partial charge < -0.3 is 20.0 Å². The maximum atomic E-state index is 12.5. The van der Waals surface area contributed by atoms with E-state index in [0.717, 1.165) is 49.9 Å². The first-order valence-electron chi connectivity index (χ1n) is 14.8. The zero-order valence-electron chi connectivity index (χ0n) is 23.7. The average molecular weight is 531 g/mol. The van der Waals surface area contributed by atoms with Crippen LogP contribution < -0.4 is 10.6 Å². The highest BCUT2D eigenvalue weighted by Gasteiger charge is 2.59. The van der Waals surface area contributed by atoms with Crippen LogP contribution in [-0.4, -0.2) is 45.0 Å². The van der Waals surface area contributed by atoms with Crippen LogP contribution in [0.25, 0.3) is 0 Å². The molecule has 7 heteroatoms. The molecule has 4 aliphatic rings. The second kappa shape index (κ2) is 13.3. The van der Waals surface area contributed by atoms with Crippen molar-refractivity contribution in [2.75, 3.05) is 33.0 Å². The molecule has 8 atom stereocenters. The number of terminal acetylenes is 1. The summed E-state index contributed by atoms with van der Waals surface area (Å²) < 4.78 is 10.6. The summed E-state index contributed by atoms with van der Waals surface area (Å²) >= 11 is 0. The van der Waals surface area contributed by atoms with Gasteiger partial charge in [-0.2, -0.15) is 0 Å². The Balaban J connectivity index is 1.25. The molecule has 38 heavy (non-hydrogen) atoms. The summed E-state index contributed by atoms with van der Waals surface area (Å²) in [7, 11) is 0. The van der Waals surface area contributed by atoms with Crippen LogP contribution >= 0.6 is 0 Å². The molecule has 8 unspecified atom stereocenters. The van der Waals surface area contributed by atoms with Crippen LogP contribution in [0.4, 0.5) is 0 Å². The van der Waals surface area contributed by atoms with Gasteiger partial charge in [-0.25, -0.2) is 4.89 Å². The molecule has 0 aliphatic heterocycles. The topological polar surface area (TPSA) is 89.1 Å². The molecule has 1 N–H and O–H groups in total. The third-order valence-corrected chi connectivity index (χ3v) is 10.9. The average Bonchev–Trinajstić information content (AvgIpc) is 3.26. The highest BCUT2D eigenvalue weighted by Crippen LogP contribution is 2.67. The normalized spacial score (nSPS) is 36.8. The number of nitrogens with one attached hydrogen (secondary N) is 1. The van der Waals surface area contributed by atoms with Gasteiger partial charge in [0, 0.05) is 13.0 Å². The Labute approximate surface area is 229 Å². The zero-order chi connectivity index (χ0) is 27.2. The summed E-state index contributed by atoms with van der Waals surface area (Å²) in [6.45, 7) is 9.68. The van der Waals surface area contributed by atoms with Crippen LogP contribution in [-0.2, 0) is 24.2 Å².